The Morgan fingerprint density at radius 2 is 1.40 bits per heavy atom. The third-order valence-electron chi connectivity index (χ3n) is 7.01. The summed E-state index contributed by atoms with van der Waals surface area (Å²) in [7, 11) is 4.49. The number of rotatable bonds is 14. The highest BCUT2D eigenvalue weighted by molar-refractivity contribution is 8.00. The number of likely N-dealkylation sites (N-methyl/N-ethyl adjacent to an activating group) is 1. The summed E-state index contributed by atoms with van der Waals surface area (Å²) in [5.41, 5.74) is 2.39. The van der Waals surface area contributed by atoms with E-state index in [2.05, 4.69) is 10.6 Å². The molecule has 0 aliphatic rings. The van der Waals surface area contributed by atoms with E-state index in [1.807, 2.05) is 13.8 Å². The molecule has 3 aromatic carbocycles. The number of thioether (sulfide) groups is 1. The molecule has 0 spiro atoms. The number of benzene rings is 3. The molecule has 43 heavy (non-hydrogen) atoms. The quantitative estimate of drug-likeness (QED) is 0.218. The molecule has 0 saturated heterocycles. The number of halogens is 3. The molecule has 2 amide bonds. The van der Waals surface area contributed by atoms with E-state index >= 15 is 0 Å². The van der Waals surface area contributed by atoms with Crippen molar-refractivity contribution >= 4 is 23.6 Å². The largest absolute Gasteiger partial charge is 0.497 e. The fourth-order valence-electron chi connectivity index (χ4n) is 4.89. The predicted molar refractivity (Wildman–Crippen MR) is 164 cm³/mol. The Kier molecular flexibility index (Phi) is 11.9. The molecule has 0 aliphatic heterocycles. The van der Waals surface area contributed by atoms with Crippen LogP contribution < -0.4 is 20.1 Å². The van der Waals surface area contributed by atoms with Gasteiger partial charge in [-0.05, 0) is 58.9 Å². The zero-order valence-corrected chi connectivity index (χ0v) is 25.9. The Hall–Kier alpha value is -3.66. The van der Waals surface area contributed by atoms with Crippen molar-refractivity contribution in [2.24, 2.45) is 5.92 Å². The van der Waals surface area contributed by atoms with Crippen molar-refractivity contribution in [2.45, 2.75) is 55.8 Å². The average molecular weight is 617 g/mol. The summed E-state index contributed by atoms with van der Waals surface area (Å²) >= 11 is 0.916. The first-order valence-corrected chi connectivity index (χ1v) is 15.0. The van der Waals surface area contributed by atoms with E-state index in [0.29, 0.717) is 29.0 Å². The highest BCUT2D eigenvalue weighted by atomic mass is 32.2. The topological polar surface area (TPSA) is 76.7 Å². The van der Waals surface area contributed by atoms with Crippen molar-refractivity contribution in [1.82, 2.24) is 10.6 Å². The van der Waals surface area contributed by atoms with Crippen molar-refractivity contribution in [3.05, 3.63) is 95.1 Å². The first-order valence-electron chi connectivity index (χ1n) is 14.0. The summed E-state index contributed by atoms with van der Waals surface area (Å²) in [6.07, 6.45) is -5.54. The Morgan fingerprint density at radius 1 is 0.837 bits per heavy atom. The Balaban J connectivity index is 2.11. The van der Waals surface area contributed by atoms with Crippen LogP contribution in [0.4, 0.5) is 13.2 Å². The van der Waals surface area contributed by atoms with E-state index in [1.165, 1.54) is 21.3 Å². The molecule has 0 heterocycles. The number of amides is 2. The standard InChI is InChI=1S/C33H39F3N2O4S/c1-22(2)18-25-8-6-7-9-28(25)32(21-33(34,35)36,43-20-24-12-16-27(42-5)17-13-24)31(40)38-29(30(39)37-3)19-23-10-14-26(41-4)15-11-23/h6-17,22,29H,18-21H2,1-5H3,(H,37,39)(H,38,40). The van der Waals surface area contributed by atoms with E-state index in [-0.39, 0.29) is 23.7 Å². The second-order valence-electron chi connectivity index (χ2n) is 10.7. The fourth-order valence-corrected chi connectivity index (χ4v) is 6.31. The van der Waals surface area contributed by atoms with Crippen molar-refractivity contribution in [3.8, 4) is 11.5 Å². The van der Waals surface area contributed by atoms with Crippen molar-refractivity contribution < 1.29 is 32.2 Å². The normalized spacial score (nSPS) is 13.6. The molecule has 3 rings (SSSR count). The van der Waals surface area contributed by atoms with E-state index < -0.39 is 35.2 Å². The van der Waals surface area contributed by atoms with Crippen LogP contribution in [0.25, 0.3) is 0 Å². The third-order valence-corrected chi connectivity index (χ3v) is 8.53. The SMILES string of the molecule is CNC(=O)C(Cc1ccc(OC)cc1)NC(=O)C(CC(F)(F)F)(SCc1ccc(OC)cc1)c1ccccc1CC(C)C. The maximum Gasteiger partial charge on any atom is 0.391 e. The molecule has 2 N–H and O–H groups in total. The maximum atomic E-state index is 14.5. The first-order chi connectivity index (χ1) is 20.4. The lowest BCUT2D eigenvalue weighted by atomic mass is 9.86. The Labute approximate surface area is 255 Å². The van der Waals surface area contributed by atoms with Gasteiger partial charge in [-0.3, -0.25) is 9.59 Å². The van der Waals surface area contributed by atoms with Gasteiger partial charge in [-0.25, -0.2) is 0 Å². The lowest BCUT2D eigenvalue weighted by molar-refractivity contribution is -0.151. The van der Waals surface area contributed by atoms with Crippen molar-refractivity contribution in [2.75, 3.05) is 21.3 Å². The van der Waals surface area contributed by atoms with E-state index in [0.717, 1.165) is 17.3 Å². The molecule has 0 fully saturated rings. The fraction of sp³-hybridized carbons (Fsp3) is 0.394. The smallest absolute Gasteiger partial charge is 0.391 e. The third kappa shape index (κ3) is 9.41. The molecular weight excluding hydrogens is 577 g/mol. The molecule has 0 bridgehead atoms. The van der Waals surface area contributed by atoms with Crippen LogP contribution in [0, 0.1) is 5.92 Å². The Morgan fingerprint density at radius 3 is 1.91 bits per heavy atom. The summed E-state index contributed by atoms with van der Waals surface area (Å²) < 4.78 is 51.8. The minimum Gasteiger partial charge on any atom is -0.497 e. The van der Waals surface area contributed by atoms with E-state index in [9.17, 15) is 22.8 Å². The average Bonchev–Trinajstić information content (AvgIpc) is 2.98. The van der Waals surface area contributed by atoms with Gasteiger partial charge in [0.2, 0.25) is 11.8 Å². The van der Waals surface area contributed by atoms with Gasteiger partial charge in [0.05, 0.1) is 20.6 Å². The van der Waals surface area contributed by atoms with Crippen LogP contribution in [-0.4, -0.2) is 45.3 Å². The monoisotopic (exact) mass is 616 g/mol. The molecule has 2 unspecified atom stereocenters. The lowest BCUT2D eigenvalue weighted by Gasteiger charge is -2.36. The molecule has 10 heteroatoms. The van der Waals surface area contributed by atoms with Gasteiger partial charge in [-0.15, -0.1) is 11.8 Å². The van der Waals surface area contributed by atoms with Gasteiger partial charge in [0.15, 0.2) is 0 Å². The summed E-state index contributed by atoms with van der Waals surface area (Å²) in [6, 6.07) is 19.6. The van der Waals surface area contributed by atoms with E-state index in [1.54, 1.807) is 72.8 Å². The number of hydrogen-bond donors (Lipinski definition) is 2. The van der Waals surface area contributed by atoms with Crippen LogP contribution in [0.5, 0.6) is 11.5 Å². The molecule has 0 aliphatic carbocycles. The number of methoxy groups -OCH3 is 2. The van der Waals surface area contributed by atoms with Crippen LogP contribution in [0.15, 0.2) is 72.8 Å². The number of nitrogens with one attached hydrogen (secondary N) is 2. The molecular formula is C33H39F3N2O4S. The molecule has 0 aromatic heterocycles. The molecule has 3 aromatic rings. The first kappa shape index (κ1) is 33.8. The molecule has 232 valence electrons. The van der Waals surface area contributed by atoms with Crippen molar-refractivity contribution in [3.63, 3.8) is 0 Å². The molecule has 0 saturated carbocycles. The molecule has 6 nitrogen and oxygen atoms in total. The second kappa shape index (κ2) is 15.2. The van der Waals surface area contributed by atoms with Gasteiger partial charge >= 0.3 is 6.18 Å². The van der Waals surface area contributed by atoms with Gasteiger partial charge in [0, 0.05) is 19.2 Å². The Bertz CT molecular complexity index is 1350. The van der Waals surface area contributed by atoms with Crippen LogP contribution in [0.3, 0.4) is 0 Å². The van der Waals surface area contributed by atoms with Gasteiger partial charge in [0.25, 0.3) is 0 Å². The van der Waals surface area contributed by atoms with Crippen LogP contribution >= 0.6 is 11.8 Å². The molecule has 0 radical (unpaired) electrons. The predicted octanol–water partition coefficient (Wildman–Crippen LogP) is 6.46. The summed E-state index contributed by atoms with van der Waals surface area (Å²) in [5.74, 6) is 0.0926. The number of carbonyl (C=O) groups is 2. The van der Waals surface area contributed by atoms with Crippen LogP contribution in [0.2, 0.25) is 0 Å². The number of hydrogen-bond acceptors (Lipinski definition) is 5. The van der Waals surface area contributed by atoms with Crippen molar-refractivity contribution in [1.29, 1.82) is 0 Å². The van der Waals surface area contributed by atoms with Crippen LogP contribution in [0.1, 0.15) is 42.5 Å². The highest BCUT2D eigenvalue weighted by Crippen LogP contribution is 2.48. The van der Waals surface area contributed by atoms with Gasteiger partial charge in [0.1, 0.15) is 22.3 Å². The summed E-state index contributed by atoms with van der Waals surface area (Å²) in [6.45, 7) is 3.95. The summed E-state index contributed by atoms with van der Waals surface area (Å²) in [4.78, 5) is 27.4. The zero-order chi connectivity index (χ0) is 31.6. The number of alkyl halides is 3. The number of carbonyl (C=O) groups excluding carboxylic acids is 2. The minimum absolute atomic E-state index is 0.0777. The van der Waals surface area contributed by atoms with Crippen LogP contribution in [-0.2, 0) is 32.9 Å². The van der Waals surface area contributed by atoms with Gasteiger partial charge in [-0.1, -0.05) is 62.4 Å². The summed E-state index contributed by atoms with van der Waals surface area (Å²) in [5, 5.41) is 5.26. The number of ether oxygens (including phenoxy) is 2. The van der Waals surface area contributed by atoms with E-state index in [4.69, 9.17) is 9.47 Å². The zero-order valence-electron chi connectivity index (χ0n) is 25.1. The van der Waals surface area contributed by atoms with Gasteiger partial charge in [-0.2, -0.15) is 13.2 Å². The maximum absolute atomic E-state index is 14.5. The van der Waals surface area contributed by atoms with Gasteiger partial charge < -0.3 is 20.1 Å². The lowest BCUT2D eigenvalue weighted by Crippen LogP contribution is -2.54. The highest BCUT2D eigenvalue weighted by Gasteiger charge is 2.51. The second-order valence-corrected chi connectivity index (χ2v) is 12.0. The molecule has 2 atom stereocenters. The minimum atomic E-state index is -4.69.